The second-order valence-corrected chi connectivity index (χ2v) is 4.78. The van der Waals surface area contributed by atoms with E-state index in [1.807, 2.05) is 18.2 Å². The van der Waals surface area contributed by atoms with Gasteiger partial charge in [0.15, 0.2) is 5.78 Å². The zero-order valence-electron chi connectivity index (χ0n) is 13.1. The van der Waals surface area contributed by atoms with Gasteiger partial charge < -0.3 is 27.2 Å². The van der Waals surface area contributed by atoms with Crippen molar-refractivity contribution in [2.45, 2.75) is 6.42 Å². The molecule has 124 valence electrons. The van der Waals surface area contributed by atoms with E-state index in [1.54, 1.807) is 37.6 Å². The van der Waals surface area contributed by atoms with Crippen molar-refractivity contribution < 1.29 is 32.0 Å². The molecule has 0 spiro atoms. The molecule has 1 heterocycles. The quantitative estimate of drug-likeness (QED) is 0.438. The number of carbonyl (C=O) groups excluding carboxylic acids is 1. The zero-order chi connectivity index (χ0) is 15.6. The van der Waals surface area contributed by atoms with E-state index >= 15 is 0 Å². The van der Waals surface area contributed by atoms with Gasteiger partial charge in [0.1, 0.15) is 18.9 Å². The maximum Gasteiger partial charge on any atom is 0.213 e. The van der Waals surface area contributed by atoms with Crippen molar-refractivity contribution in [1.29, 1.82) is 0 Å². The molecule has 6 heteroatoms. The fourth-order valence-corrected chi connectivity index (χ4v) is 1.98. The average Bonchev–Trinajstić information content (AvgIpc) is 2.58. The number of halogens is 1. The van der Waals surface area contributed by atoms with Gasteiger partial charge >= 0.3 is 0 Å². The monoisotopic (exact) mass is 336 g/mol. The molecule has 0 saturated carbocycles. The van der Waals surface area contributed by atoms with Crippen LogP contribution in [0.5, 0.6) is 11.6 Å². The van der Waals surface area contributed by atoms with Gasteiger partial charge in [-0.05, 0) is 30.3 Å². The minimum Gasteiger partial charge on any atom is -1.00 e. The fourth-order valence-electron chi connectivity index (χ4n) is 1.98. The molecule has 5 nitrogen and oxygen atoms in total. The maximum atomic E-state index is 12.0. The third-order valence-electron chi connectivity index (χ3n) is 3.20. The summed E-state index contributed by atoms with van der Waals surface area (Å²) < 4.78 is 10.6. The zero-order valence-corrected chi connectivity index (χ0v) is 13.8. The molecule has 0 radical (unpaired) electrons. The van der Waals surface area contributed by atoms with Crippen molar-refractivity contribution in [3.8, 4) is 11.6 Å². The van der Waals surface area contributed by atoms with Crippen LogP contribution in [0.4, 0.5) is 0 Å². The second kappa shape index (κ2) is 10.6. The Hall–Kier alpha value is -2.11. The lowest BCUT2D eigenvalue weighted by atomic mass is 10.1. The Balaban J connectivity index is 0.00000264. The van der Waals surface area contributed by atoms with E-state index in [-0.39, 0.29) is 18.2 Å². The Morgan fingerprint density at radius 2 is 1.91 bits per heavy atom. The van der Waals surface area contributed by atoms with Gasteiger partial charge in [-0.3, -0.25) is 4.79 Å². The average molecular weight is 337 g/mol. The van der Waals surface area contributed by atoms with Gasteiger partial charge in [0.05, 0.1) is 20.1 Å². The number of methoxy groups -OCH3 is 1. The molecule has 0 aliphatic rings. The molecular weight excluding hydrogens is 316 g/mol. The van der Waals surface area contributed by atoms with Crippen LogP contribution in [0.1, 0.15) is 16.8 Å². The molecular formula is C17H21ClN2O3. The first kappa shape index (κ1) is 18.9. The van der Waals surface area contributed by atoms with Crippen LogP contribution in [-0.4, -0.2) is 37.6 Å². The molecule has 0 unspecified atom stereocenters. The summed E-state index contributed by atoms with van der Waals surface area (Å²) in [5, 5.41) is 2.07. The van der Waals surface area contributed by atoms with Crippen molar-refractivity contribution >= 4 is 5.78 Å². The Kier molecular flexibility index (Phi) is 8.72. The van der Waals surface area contributed by atoms with Crippen LogP contribution < -0.4 is 27.2 Å². The standard InChI is InChI=1S/C17H20N2O3.ClH/c1-21-15-7-5-14(6-8-15)16(20)9-11-18-12-13-22-17-4-2-3-10-19-17;/h2-8,10,18H,9,11-13H2,1H3;1H. The molecule has 0 aliphatic carbocycles. The highest BCUT2D eigenvalue weighted by Crippen LogP contribution is 2.12. The van der Waals surface area contributed by atoms with E-state index in [9.17, 15) is 4.79 Å². The third kappa shape index (κ3) is 6.67. The first-order valence-corrected chi connectivity index (χ1v) is 7.32. The molecule has 2 N–H and O–H groups in total. The Labute approximate surface area is 142 Å². The van der Waals surface area contributed by atoms with E-state index in [4.69, 9.17) is 9.47 Å². The number of ketones is 1. The number of nitrogens with two attached hydrogens (primary N) is 1. The molecule has 0 fully saturated rings. The molecule has 2 aromatic rings. The third-order valence-corrected chi connectivity index (χ3v) is 3.20. The molecule has 0 aliphatic heterocycles. The fraction of sp³-hybridized carbons (Fsp3) is 0.294. The Bertz CT molecular complexity index is 576. The predicted molar refractivity (Wildman–Crippen MR) is 83.3 cm³/mol. The summed E-state index contributed by atoms with van der Waals surface area (Å²) in [5.74, 6) is 1.53. The number of nitrogens with zero attached hydrogens (tertiary/aromatic N) is 1. The lowest BCUT2D eigenvalue weighted by Gasteiger charge is -2.05. The van der Waals surface area contributed by atoms with E-state index < -0.39 is 0 Å². The number of hydrogen-bond donors (Lipinski definition) is 1. The van der Waals surface area contributed by atoms with Crippen molar-refractivity contribution in [3.05, 3.63) is 54.2 Å². The van der Waals surface area contributed by atoms with Crippen LogP contribution in [0, 0.1) is 0 Å². The van der Waals surface area contributed by atoms with E-state index in [1.165, 1.54) is 0 Å². The molecule has 0 amide bonds. The molecule has 0 saturated heterocycles. The number of aromatic nitrogens is 1. The predicted octanol–water partition coefficient (Wildman–Crippen LogP) is -1.69. The molecule has 23 heavy (non-hydrogen) atoms. The van der Waals surface area contributed by atoms with Gasteiger partial charge in [-0.1, -0.05) is 6.07 Å². The number of hydrogen-bond acceptors (Lipinski definition) is 4. The summed E-state index contributed by atoms with van der Waals surface area (Å²) in [6, 6.07) is 12.8. The largest absolute Gasteiger partial charge is 1.00 e. The van der Waals surface area contributed by atoms with Gasteiger partial charge in [-0.2, -0.15) is 0 Å². The molecule has 2 rings (SSSR count). The van der Waals surface area contributed by atoms with E-state index in [0.29, 0.717) is 18.9 Å². The lowest BCUT2D eigenvalue weighted by molar-refractivity contribution is -0.654. The number of ether oxygens (including phenoxy) is 2. The van der Waals surface area contributed by atoms with Gasteiger partial charge in [0, 0.05) is 17.8 Å². The maximum absolute atomic E-state index is 12.0. The smallest absolute Gasteiger partial charge is 0.213 e. The first-order chi connectivity index (χ1) is 10.8. The van der Waals surface area contributed by atoms with E-state index in [2.05, 4.69) is 10.3 Å². The van der Waals surface area contributed by atoms with E-state index in [0.717, 1.165) is 24.4 Å². The summed E-state index contributed by atoms with van der Waals surface area (Å²) in [7, 11) is 1.61. The normalized spacial score (nSPS) is 9.78. The second-order valence-electron chi connectivity index (χ2n) is 4.78. The van der Waals surface area contributed by atoms with Crippen molar-refractivity contribution in [3.63, 3.8) is 0 Å². The Morgan fingerprint density at radius 3 is 2.57 bits per heavy atom. The van der Waals surface area contributed by atoms with Gasteiger partial charge in [-0.15, -0.1) is 0 Å². The number of carbonyl (C=O) groups is 1. The van der Waals surface area contributed by atoms with Crippen LogP contribution >= 0.6 is 0 Å². The van der Waals surface area contributed by atoms with Crippen LogP contribution in [-0.2, 0) is 0 Å². The number of benzene rings is 1. The summed E-state index contributed by atoms with van der Waals surface area (Å²) in [6.45, 7) is 2.12. The first-order valence-electron chi connectivity index (χ1n) is 7.32. The van der Waals surface area contributed by atoms with Gasteiger partial charge in [-0.25, -0.2) is 4.98 Å². The topological polar surface area (TPSA) is 65.0 Å². The van der Waals surface area contributed by atoms with Crippen molar-refractivity contribution in [1.82, 2.24) is 4.98 Å². The highest BCUT2D eigenvalue weighted by atomic mass is 35.5. The van der Waals surface area contributed by atoms with Gasteiger partial charge in [0.2, 0.25) is 5.88 Å². The highest BCUT2D eigenvalue weighted by Gasteiger charge is 2.06. The van der Waals surface area contributed by atoms with Crippen LogP contribution in [0.15, 0.2) is 48.7 Å². The number of rotatable bonds is 9. The van der Waals surface area contributed by atoms with Crippen molar-refractivity contribution in [2.75, 3.05) is 26.8 Å². The highest BCUT2D eigenvalue weighted by molar-refractivity contribution is 5.96. The lowest BCUT2D eigenvalue weighted by Crippen LogP contribution is -3.00. The number of quaternary nitrogens is 1. The summed E-state index contributed by atoms with van der Waals surface area (Å²) in [5.41, 5.74) is 0.721. The van der Waals surface area contributed by atoms with Gasteiger partial charge in [0.25, 0.3) is 0 Å². The molecule has 1 aromatic carbocycles. The molecule has 0 bridgehead atoms. The van der Waals surface area contributed by atoms with Crippen molar-refractivity contribution in [2.24, 2.45) is 0 Å². The van der Waals surface area contributed by atoms with Crippen LogP contribution in [0.25, 0.3) is 0 Å². The SMILES string of the molecule is COc1ccc(C(=O)CC[NH2+]CCOc2ccccn2)cc1.[Cl-]. The van der Waals surface area contributed by atoms with Crippen LogP contribution in [0.3, 0.4) is 0 Å². The summed E-state index contributed by atoms with van der Waals surface area (Å²) in [6.07, 6.45) is 2.21. The summed E-state index contributed by atoms with van der Waals surface area (Å²) >= 11 is 0. The minimum absolute atomic E-state index is 0. The summed E-state index contributed by atoms with van der Waals surface area (Å²) in [4.78, 5) is 16.1. The minimum atomic E-state index is 0. The molecule has 1 aromatic heterocycles. The number of Topliss-reactive ketones (excluding diaryl/α,β-unsaturated/α-hetero) is 1. The molecule has 0 atom stereocenters. The Morgan fingerprint density at radius 1 is 1.13 bits per heavy atom. The number of pyridine rings is 1. The van der Waals surface area contributed by atoms with Crippen LogP contribution in [0.2, 0.25) is 0 Å².